The summed E-state index contributed by atoms with van der Waals surface area (Å²) in [6.45, 7) is 6.79. The number of nitrogens with zero attached hydrogens (tertiary/aromatic N) is 6. The highest BCUT2D eigenvalue weighted by Gasteiger charge is 2.36. The van der Waals surface area contributed by atoms with E-state index < -0.39 is 0 Å². The first-order valence-electron chi connectivity index (χ1n) is 11.0. The molecular formula is C23H25N7O2. The maximum atomic E-state index is 5.62. The van der Waals surface area contributed by atoms with Gasteiger partial charge in [-0.25, -0.2) is 15.0 Å². The van der Waals surface area contributed by atoms with Crippen molar-refractivity contribution in [3.05, 3.63) is 36.5 Å². The molecule has 3 aromatic heterocycles. The van der Waals surface area contributed by atoms with Crippen LogP contribution in [0.2, 0.25) is 0 Å². The molecule has 164 valence electrons. The number of benzene rings is 1. The fourth-order valence-electron chi connectivity index (χ4n) is 4.53. The molecule has 2 fully saturated rings. The SMILES string of the molecule is CNc1nc2cc(-c3ccc4ncc(N5CC(N6CCOCC6C)C5)nc4n3)ccc2o1. The van der Waals surface area contributed by atoms with Crippen molar-refractivity contribution in [2.45, 2.75) is 19.0 Å². The highest BCUT2D eigenvalue weighted by atomic mass is 16.5. The zero-order valence-electron chi connectivity index (χ0n) is 18.2. The molecule has 1 aromatic carbocycles. The summed E-state index contributed by atoms with van der Waals surface area (Å²) in [5.41, 5.74) is 4.77. The molecule has 0 aliphatic carbocycles. The van der Waals surface area contributed by atoms with Crippen LogP contribution in [0.3, 0.4) is 0 Å². The van der Waals surface area contributed by atoms with Crippen LogP contribution in [0.5, 0.6) is 0 Å². The summed E-state index contributed by atoms with van der Waals surface area (Å²) in [6, 6.07) is 11.3. The largest absolute Gasteiger partial charge is 0.424 e. The van der Waals surface area contributed by atoms with Crippen molar-refractivity contribution in [2.24, 2.45) is 0 Å². The fraction of sp³-hybridized carbons (Fsp3) is 0.391. The van der Waals surface area contributed by atoms with E-state index in [2.05, 4.69) is 32.0 Å². The Bertz CT molecular complexity index is 1280. The number of rotatable bonds is 4. The predicted octanol–water partition coefficient (Wildman–Crippen LogP) is 2.78. The number of hydrogen-bond acceptors (Lipinski definition) is 9. The topological polar surface area (TPSA) is 92.4 Å². The van der Waals surface area contributed by atoms with Gasteiger partial charge in [0.2, 0.25) is 0 Å². The zero-order chi connectivity index (χ0) is 21.7. The first-order chi connectivity index (χ1) is 15.7. The minimum Gasteiger partial charge on any atom is -0.424 e. The lowest BCUT2D eigenvalue weighted by Gasteiger charge is -2.49. The molecule has 0 spiro atoms. The van der Waals surface area contributed by atoms with E-state index in [1.165, 1.54) is 0 Å². The van der Waals surface area contributed by atoms with Crippen LogP contribution in [-0.4, -0.2) is 76.8 Å². The summed E-state index contributed by atoms with van der Waals surface area (Å²) in [4.78, 5) is 23.5. The van der Waals surface area contributed by atoms with E-state index in [0.717, 1.165) is 66.5 Å². The Labute approximate surface area is 185 Å². The smallest absolute Gasteiger partial charge is 0.295 e. The Balaban J connectivity index is 1.25. The number of hydrogen-bond donors (Lipinski definition) is 1. The number of anilines is 2. The van der Waals surface area contributed by atoms with Crippen molar-refractivity contribution in [2.75, 3.05) is 50.1 Å². The molecule has 1 atom stereocenters. The van der Waals surface area contributed by atoms with Crippen LogP contribution in [0.25, 0.3) is 33.5 Å². The van der Waals surface area contributed by atoms with Crippen molar-refractivity contribution in [1.82, 2.24) is 24.8 Å². The number of oxazole rings is 1. The third-order valence-corrected chi connectivity index (χ3v) is 6.37. The molecule has 1 unspecified atom stereocenters. The molecule has 0 radical (unpaired) electrons. The maximum Gasteiger partial charge on any atom is 0.295 e. The molecule has 1 N–H and O–H groups in total. The van der Waals surface area contributed by atoms with E-state index in [4.69, 9.17) is 19.1 Å². The van der Waals surface area contributed by atoms with Gasteiger partial charge in [0.05, 0.1) is 25.1 Å². The van der Waals surface area contributed by atoms with Gasteiger partial charge in [0.15, 0.2) is 11.2 Å². The molecule has 6 rings (SSSR count). The van der Waals surface area contributed by atoms with E-state index in [0.29, 0.717) is 23.7 Å². The van der Waals surface area contributed by atoms with Gasteiger partial charge >= 0.3 is 0 Å². The monoisotopic (exact) mass is 431 g/mol. The lowest BCUT2D eigenvalue weighted by atomic mass is 10.0. The second kappa shape index (κ2) is 7.68. The van der Waals surface area contributed by atoms with Crippen molar-refractivity contribution < 1.29 is 9.15 Å². The summed E-state index contributed by atoms with van der Waals surface area (Å²) in [5.74, 6) is 0.880. The fourth-order valence-corrected chi connectivity index (χ4v) is 4.53. The first-order valence-corrected chi connectivity index (χ1v) is 11.0. The second-order valence-corrected chi connectivity index (χ2v) is 8.44. The van der Waals surface area contributed by atoms with Crippen LogP contribution in [0, 0.1) is 0 Å². The Hall–Kier alpha value is -3.30. The summed E-state index contributed by atoms with van der Waals surface area (Å²) in [5, 5.41) is 2.93. The van der Waals surface area contributed by atoms with Crippen LogP contribution >= 0.6 is 0 Å². The zero-order valence-corrected chi connectivity index (χ0v) is 18.2. The van der Waals surface area contributed by atoms with Crippen molar-refractivity contribution >= 4 is 34.1 Å². The maximum absolute atomic E-state index is 5.62. The van der Waals surface area contributed by atoms with Gasteiger partial charge in [-0.1, -0.05) is 0 Å². The van der Waals surface area contributed by atoms with Gasteiger partial charge < -0.3 is 19.4 Å². The normalized spacial score (nSPS) is 20.1. The van der Waals surface area contributed by atoms with Gasteiger partial charge in [-0.15, -0.1) is 0 Å². The van der Waals surface area contributed by atoms with Gasteiger partial charge in [0, 0.05) is 44.3 Å². The predicted molar refractivity (Wildman–Crippen MR) is 123 cm³/mol. The quantitative estimate of drug-likeness (QED) is 0.523. The van der Waals surface area contributed by atoms with Crippen molar-refractivity contribution in [3.8, 4) is 11.3 Å². The molecule has 2 aliphatic rings. The summed E-state index contributed by atoms with van der Waals surface area (Å²) in [7, 11) is 1.79. The molecule has 32 heavy (non-hydrogen) atoms. The number of pyridine rings is 1. The Morgan fingerprint density at radius 2 is 1.97 bits per heavy atom. The molecule has 0 saturated carbocycles. The molecule has 9 nitrogen and oxygen atoms in total. The third kappa shape index (κ3) is 3.34. The lowest BCUT2D eigenvalue weighted by molar-refractivity contribution is -0.0275. The van der Waals surface area contributed by atoms with Gasteiger partial charge in [-0.05, 0) is 37.3 Å². The standard InChI is InChI=1S/C23H25N7O2/c1-14-13-31-8-7-30(14)16-11-29(12-16)21-10-25-18-5-4-17(26-22(18)28-21)15-3-6-20-19(9-15)27-23(24-2)32-20/h3-6,9-10,14,16H,7-8,11-13H2,1-2H3,(H,24,27). The molecular weight excluding hydrogens is 406 g/mol. The number of aromatic nitrogens is 4. The average molecular weight is 432 g/mol. The second-order valence-electron chi connectivity index (χ2n) is 8.44. The molecule has 9 heteroatoms. The number of nitrogens with one attached hydrogen (secondary N) is 1. The van der Waals surface area contributed by atoms with Crippen LogP contribution in [0.1, 0.15) is 6.92 Å². The van der Waals surface area contributed by atoms with E-state index in [1.807, 2.05) is 36.5 Å². The van der Waals surface area contributed by atoms with Gasteiger partial charge in [0.1, 0.15) is 16.9 Å². The Morgan fingerprint density at radius 1 is 1.06 bits per heavy atom. The number of morpholine rings is 1. The van der Waals surface area contributed by atoms with Crippen molar-refractivity contribution in [1.29, 1.82) is 0 Å². The number of ether oxygens (including phenoxy) is 1. The van der Waals surface area contributed by atoms with Gasteiger partial charge in [-0.2, -0.15) is 4.98 Å². The summed E-state index contributed by atoms with van der Waals surface area (Å²) >= 11 is 0. The van der Waals surface area contributed by atoms with E-state index >= 15 is 0 Å². The Morgan fingerprint density at radius 3 is 2.81 bits per heavy atom. The van der Waals surface area contributed by atoms with Crippen LogP contribution < -0.4 is 10.2 Å². The molecule has 2 aliphatic heterocycles. The Kier molecular flexibility index (Phi) is 4.65. The lowest BCUT2D eigenvalue weighted by Crippen LogP contribution is -2.64. The first kappa shape index (κ1) is 19.4. The van der Waals surface area contributed by atoms with Crippen LogP contribution in [0.4, 0.5) is 11.8 Å². The summed E-state index contributed by atoms with van der Waals surface area (Å²) < 4.78 is 11.2. The summed E-state index contributed by atoms with van der Waals surface area (Å²) in [6.07, 6.45) is 1.85. The van der Waals surface area contributed by atoms with Gasteiger partial charge in [0.25, 0.3) is 6.01 Å². The van der Waals surface area contributed by atoms with Crippen LogP contribution in [0.15, 0.2) is 40.9 Å². The third-order valence-electron chi connectivity index (χ3n) is 6.37. The number of fused-ring (bicyclic) bond motifs is 2. The molecule has 0 bridgehead atoms. The molecule has 5 heterocycles. The van der Waals surface area contributed by atoms with Crippen molar-refractivity contribution in [3.63, 3.8) is 0 Å². The molecule has 0 amide bonds. The van der Waals surface area contributed by atoms with Gasteiger partial charge in [-0.3, -0.25) is 4.90 Å². The highest BCUT2D eigenvalue weighted by molar-refractivity contribution is 5.82. The molecule has 4 aromatic rings. The molecule has 2 saturated heterocycles. The van der Waals surface area contributed by atoms with E-state index in [9.17, 15) is 0 Å². The average Bonchev–Trinajstić information content (AvgIpc) is 3.21. The van der Waals surface area contributed by atoms with Crippen LogP contribution in [-0.2, 0) is 4.74 Å². The van der Waals surface area contributed by atoms with E-state index in [-0.39, 0.29) is 0 Å². The highest BCUT2D eigenvalue weighted by Crippen LogP contribution is 2.28. The van der Waals surface area contributed by atoms with E-state index in [1.54, 1.807) is 7.05 Å². The minimum absolute atomic E-state index is 0.467. The minimum atomic E-state index is 0.467.